The SMILES string of the molecule is CC.CN1CCCC(N)C1. The van der Waals surface area contributed by atoms with Gasteiger partial charge in [0.2, 0.25) is 0 Å². The monoisotopic (exact) mass is 144 g/mol. The summed E-state index contributed by atoms with van der Waals surface area (Å²) in [4.78, 5) is 2.29. The minimum atomic E-state index is 0.439. The highest BCUT2D eigenvalue weighted by molar-refractivity contribution is 4.71. The molecule has 0 spiro atoms. The Morgan fingerprint density at radius 3 is 2.30 bits per heavy atom. The van der Waals surface area contributed by atoms with Gasteiger partial charge in [-0.25, -0.2) is 0 Å². The van der Waals surface area contributed by atoms with Crippen molar-refractivity contribution in [3.8, 4) is 0 Å². The van der Waals surface area contributed by atoms with E-state index in [9.17, 15) is 0 Å². The lowest BCUT2D eigenvalue weighted by Gasteiger charge is -2.26. The Kier molecular flexibility index (Phi) is 5.64. The Morgan fingerprint density at radius 1 is 1.40 bits per heavy atom. The molecule has 0 bridgehead atoms. The molecule has 1 saturated heterocycles. The second-order valence-corrected chi connectivity index (χ2v) is 2.66. The van der Waals surface area contributed by atoms with Gasteiger partial charge in [-0.2, -0.15) is 0 Å². The van der Waals surface area contributed by atoms with E-state index in [0.717, 1.165) is 6.54 Å². The molecule has 62 valence electrons. The second-order valence-electron chi connectivity index (χ2n) is 2.66. The average molecular weight is 144 g/mol. The van der Waals surface area contributed by atoms with Crippen molar-refractivity contribution in [1.82, 2.24) is 4.90 Å². The van der Waals surface area contributed by atoms with Crippen molar-refractivity contribution in [3.63, 3.8) is 0 Å². The Bertz CT molecular complexity index is 65.7. The number of hydrogen-bond acceptors (Lipinski definition) is 2. The fourth-order valence-electron chi connectivity index (χ4n) is 1.21. The first kappa shape index (κ1) is 9.92. The summed E-state index contributed by atoms with van der Waals surface area (Å²) in [6.07, 6.45) is 2.49. The van der Waals surface area contributed by atoms with Gasteiger partial charge >= 0.3 is 0 Å². The predicted molar refractivity (Wildman–Crippen MR) is 46.1 cm³/mol. The van der Waals surface area contributed by atoms with Crippen molar-refractivity contribution < 1.29 is 0 Å². The molecule has 1 atom stereocenters. The first-order valence-corrected chi connectivity index (χ1v) is 4.23. The number of hydrogen-bond donors (Lipinski definition) is 1. The topological polar surface area (TPSA) is 29.3 Å². The molecule has 0 aliphatic carbocycles. The third-order valence-electron chi connectivity index (χ3n) is 1.66. The van der Waals surface area contributed by atoms with Crippen molar-refractivity contribution in [2.45, 2.75) is 32.7 Å². The molecule has 0 saturated carbocycles. The molecule has 2 heteroatoms. The van der Waals surface area contributed by atoms with Crippen LogP contribution in [0.4, 0.5) is 0 Å². The Balaban J connectivity index is 0.000000371. The second kappa shape index (κ2) is 5.69. The van der Waals surface area contributed by atoms with Gasteiger partial charge in [0.1, 0.15) is 0 Å². The lowest BCUT2D eigenvalue weighted by atomic mass is 10.1. The standard InChI is InChI=1S/C6H14N2.C2H6/c1-8-4-2-3-6(7)5-8;1-2/h6H,2-5,7H2,1H3;1-2H3. The lowest BCUT2D eigenvalue weighted by molar-refractivity contribution is 0.252. The van der Waals surface area contributed by atoms with Crippen molar-refractivity contribution in [2.24, 2.45) is 5.73 Å². The van der Waals surface area contributed by atoms with Gasteiger partial charge in [0.05, 0.1) is 0 Å². The van der Waals surface area contributed by atoms with Crippen molar-refractivity contribution in [1.29, 1.82) is 0 Å². The summed E-state index contributed by atoms with van der Waals surface area (Å²) in [5.41, 5.74) is 5.68. The maximum Gasteiger partial charge on any atom is 0.0168 e. The summed E-state index contributed by atoms with van der Waals surface area (Å²) < 4.78 is 0. The highest BCUT2D eigenvalue weighted by atomic mass is 15.1. The van der Waals surface area contributed by atoms with Crippen molar-refractivity contribution in [2.75, 3.05) is 20.1 Å². The lowest BCUT2D eigenvalue weighted by Crippen LogP contribution is -2.40. The van der Waals surface area contributed by atoms with Crippen LogP contribution in [0, 0.1) is 0 Å². The minimum Gasteiger partial charge on any atom is -0.327 e. The Morgan fingerprint density at radius 2 is 2.00 bits per heavy atom. The number of nitrogens with zero attached hydrogens (tertiary/aromatic N) is 1. The third kappa shape index (κ3) is 3.85. The van der Waals surface area contributed by atoms with Gasteiger partial charge in [-0.05, 0) is 26.4 Å². The molecule has 0 radical (unpaired) electrons. The van der Waals surface area contributed by atoms with E-state index in [-0.39, 0.29) is 0 Å². The third-order valence-corrected chi connectivity index (χ3v) is 1.66. The Hall–Kier alpha value is -0.0800. The van der Waals surface area contributed by atoms with E-state index < -0.39 is 0 Å². The fraction of sp³-hybridized carbons (Fsp3) is 1.00. The smallest absolute Gasteiger partial charge is 0.0168 e. The zero-order valence-corrected chi connectivity index (χ0v) is 7.43. The van der Waals surface area contributed by atoms with Crippen LogP contribution >= 0.6 is 0 Å². The summed E-state index contributed by atoms with van der Waals surface area (Å²) in [5, 5.41) is 0. The molecule has 0 aromatic heterocycles. The maximum atomic E-state index is 5.68. The van der Waals surface area contributed by atoms with E-state index in [1.165, 1.54) is 19.4 Å². The maximum absolute atomic E-state index is 5.68. The summed E-state index contributed by atoms with van der Waals surface area (Å²) >= 11 is 0. The van der Waals surface area contributed by atoms with Crippen LogP contribution < -0.4 is 5.73 Å². The molecule has 10 heavy (non-hydrogen) atoms. The zero-order valence-electron chi connectivity index (χ0n) is 7.43. The van der Waals surface area contributed by atoms with Gasteiger partial charge in [-0.1, -0.05) is 13.8 Å². The summed E-state index contributed by atoms with van der Waals surface area (Å²) in [6.45, 7) is 6.31. The largest absolute Gasteiger partial charge is 0.327 e. The van der Waals surface area contributed by atoms with Gasteiger partial charge < -0.3 is 10.6 Å². The number of rotatable bonds is 0. The number of nitrogens with two attached hydrogens (primary N) is 1. The quantitative estimate of drug-likeness (QED) is 0.551. The van der Waals surface area contributed by atoms with Gasteiger partial charge in [0, 0.05) is 12.6 Å². The van der Waals surface area contributed by atoms with Crippen LogP contribution in [0.3, 0.4) is 0 Å². The van der Waals surface area contributed by atoms with E-state index in [1.807, 2.05) is 13.8 Å². The van der Waals surface area contributed by atoms with Crippen LogP contribution in [0.2, 0.25) is 0 Å². The molecule has 0 aromatic rings. The van der Waals surface area contributed by atoms with E-state index in [4.69, 9.17) is 5.73 Å². The minimum absolute atomic E-state index is 0.439. The zero-order chi connectivity index (χ0) is 7.98. The molecule has 1 aliphatic rings. The van der Waals surface area contributed by atoms with Crippen molar-refractivity contribution >= 4 is 0 Å². The molecule has 1 rings (SSSR count). The van der Waals surface area contributed by atoms with Gasteiger partial charge in [-0.3, -0.25) is 0 Å². The predicted octanol–water partition coefficient (Wildman–Crippen LogP) is 1.07. The molecule has 1 heterocycles. The molecule has 1 aliphatic heterocycles. The molecular weight excluding hydrogens is 124 g/mol. The van der Waals surface area contributed by atoms with Crippen LogP contribution in [0.5, 0.6) is 0 Å². The van der Waals surface area contributed by atoms with E-state index in [2.05, 4.69) is 11.9 Å². The molecule has 1 fully saturated rings. The number of likely N-dealkylation sites (N-methyl/N-ethyl adjacent to an activating group) is 1. The fourth-order valence-corrected chi connectivity index (χ4v) is 1.21. The van der Waals surface area contributed by atoms with Gasteiger partial charge in [-0.15, -0.1) is 0 Å². The van der Waals surface area contributed by atoms with Gasteiger partial charge in [0.15, 0.2) is 0 Å². The molecule has 2 N–H and O–H groups in total. The van der Waals surface area contributed by atoms with Crippen LogP contribution in [0.25, 0.3) is 0 Å². The first-order valence-electron chi connectivity index (χ1n) is 4.23. The molecule has 2 nitrogen and oxygen atoms in total. The van der Waals surface area contributed by atoms with Crippen LogP contribution in [0.1, 0.15) is 26.7 Å². The van der Waals surface area contributed by atoms with Gasteiger partial charge in [0.25, 0.3) is 0 Å². The van der Waals surface area contributed by atoms with E-state index in [1.54, 1.807) is 0 Å². The normalized spacial score (nSPS) is 27.0. The number of piperidine rings is 1. The molecular formula is C8H20N2. The van der Waals surface area contributed by atoms with E-state index >= 15 is 0 Å². The summed E-state index contributed by atoms with van der Waals surface area (Å²) in [7, 11) is 2.12. The van der Waals surface area contributed by atoms with Crippen LogP contribution in [-0.2, 0) is 0 Å². The average Bonchev–Trinajstić information content (AvgIpc) is 1.91. The highest BCUT2D eigenvalue weighted by Crippen LogP contribution is 2.04. The van der Waals surface area contributed by atoms with Crippen LogP contribution in [0.15, 0.2) is 0 Å². The van der Waals surface area contributed by atoms with Crippen molar-refractivity contribution in [3.05, 3.63) is 0 Å². The summed E-state index contributed by atoms with van der Waals surface area (Å²) in [5.74, 6) is 0. The molecule has 1 unspecified atom stereocenters. The van der Waals surface area contributed by atoms with Crippen LogP contribution in [-0.4, -0.2) is 31.1 Å². The van der Waals surface area contributed by atoms with E-state index in [0.29, 0.717) is 6.04 Å². The molecule has 0 amide bonds. The summed E-state index contributed by atoms with van der Waals surface area (Å²) in [6, 6.07) is 0.439. The molecule has 0 aromatic carbocycles. The Labute approximate surface area is 64.4 Å². The highest BCUT2D eigenvalue weighted by Gasteiger charge is 2.11. The first-order chi connectivity index (χ1) is 4.79. The number of likely N-dealkylation sites (tertiary alicyclic amines) is 1.